The molecule has 0 aliphatic carbocycles. The van der Waals surface area contributed by atoms with Gasteiger partial charge in [0, 0.05) is 25.6 Å². The van der Waals surface area contributed by atoms with Gasteiger partial charge in [-0.15, -0.1) is 0 Å². The van der Waals surface area contributed by atoms with Crippen molar-refractivity contribution < 1.29 is 13.2 Å². The number of aryl methyl sites for hydroxylation is 2. The number of carbonyl (C=O) groups is 1. The number of likely N-dealkylation sites (tertiary alicyclic amines) is 1. The summed E-state index contributed by atoms with van der Waals surface area (Å²) in [5, 5.41) is 0. The van der Waals surface area contributed by atoms with Crippen molar-refractivity contribution in [3.63, 3.8) is 0 Å². The maximum atomic E-state index is 13.3. The first-order valence-electron chi connectivity index (χ1n) is 10.5. The van der Waals surface area contributed by atoms with Gasteiger partial charge in [0.15, 0.2) is 0 Å². The number of H-pyrrole nitrogens is 1. The number of benzene rings is 1. The van der Waals surface area contributed by atoms with E-state index in [1.807, 2.05) is 4.90 Å². The topological polar surface area (TPSA) is 86.4 Å². The normalized spacial score (nSPS) is 22.3. The van der Waals surface area contributed by atoms with Crippen LogP contribution in [0, 0.1) is 19.8 Å². The lowest BCUT2D eigenvalue weighted by atomic mass is 9.93. The molecule has 1 atom stereocenters. The molecule has 158 valence electrons. The second-order valence-electron chi connectivity index (χ2n) is 8.56. The molecule has 0 spiro atoms. The molecule has 2 aromatic rings. The van der Waals surface area contributed by atoms with E-state index >= 15 is 0 Å². The predicted octanol–water partition coefficient (Wildman–Crippen LogP) is 2.90. The minimum atomic E-state index is -3.18. The average molecular weight is 419 g/mol. The van der Waals surface area contributed by atoms with Gasteiger partial charge in [-0.2, -0.15) is 0 Å². The number of rotatable bonds is 3. The van der Waals surface area contributed by atoms with E-state index in [9.17, 15) is 13.2 Å². The van der Waals surface area contributed by atoms with E-state index in [-0.39, 0.29) is 17.9 Å². The molecule has 0 unspecified atom stereocenters. The number of sulfonamides is 1. The molecule has 0 saturated carbocycles. The monoisotopic (exact) mass is 418 g/mol. The number of hydrogen-bond donors (Lipinski definition) is 1. The van der Waals surface area contributed by atoms with Crippen molar-refractivity contribution in [1.29, 1.82) is 0 Å². The molecule has 1 aromatic carbocycles. The molecule has 0 radical (unpaired) electrons. The number of fused-ring (bicyclic) bond motifs is 1. The highest BCUT2D eigenvalue weighted by atomic mass is 32.2. The first-order valence-corrected chi connectivity index (χ1v) is 12.3. The molecule has 1 N–H and O–H groups in total. The summed E-state index contributed by atoms with van der Waals surface area (Å²) >= 11 is 0. The molecular formula is C21H30N4O3S. The largest absolute Gasteiger partial charge is 0.340 e. The molecule has 2 saturated heterocycles. The maximum Gasteiger partial charge on any atom is 0.226 e. The summed E-state index contributed by atoms with van der Waals surface area (Å²) in [6, 6.07) is 4.19. The second-order valence-corrected chi connectivity index (χ2v) is 10.5. The number of hydrogen-bond acceptors (Lipinski definition) is 4. The van der Waals surface area contributed by atoms with Crippen LogP contribution in [0.15, 0.2) is 12.1 Å². The van der Waals surface area contributed by atoms with Gasteiger partial charge in [-0.1, -0.05) is 0 Å². The van der Waals surface area contributed by atoms with Gasteiger partial charge in [-0.25, -0.2) is 17.7 Å². The smallest absolute Gasteiger partial charge is 0.226 e. The number of piperidine rings is 2. The summed E-state index contributed by atoms with van der Waals surface area (Å²) in [4.78, 5) is 23.6. The molecule has 0 bridgehead atoms. The Morgan fingerprint density at radius 2 is 1.76 bits per heavy atom. The molecule has 3 heterocycles. The van der Waals surface area contributed by atoms with Gasteiger partial charge < -0.3 is 9.88 Å². The lowest BCUT2D eigenvalue weighted by Crippen LogP contribution is -2.46. The molecule has 2 fully saturated rings. The summed E-state index contributed by atoms with van der Waals surface area (Å²) < 4.78 is 25.0. The third kappa shape index (κ3) is 4.05. The lowest BCUT2D eigenvalue weighted by Gasteiger charge is -2.38. The quantitative estimate of drug-likeness (QED) is 0.830. The number of carbonyl (C=O) groups excluding carboxylic acids is 1. The third-order valence-corrected chi connectivity index (χ3v) is 7.79. The first-order chi connectivity index (χ1) is 13.7. The SMILES string of the molecule is Cc1cc2nc([C@H]3CCCCN3C(=O)C3CCN(S(C)(=O)=O)CC3)[nH]c2cc1C. The van der Waals surface area contributed by atoms with Crippen LogP contribution in [0.4, 0.5) is 0 Å². The van der Waals surface area contributed by atoms with Crippen molar-refractivity contribution >= 4 is 27.0 Å². The Morgan fingerprint density at radius 1 is 1.07 bits per heavy atom. The van der Waals surface area contributed by atoms with Crippen molar-refractivity contribution in [2.24, 2.45) is 5.92 Å². The van der Waals surface area contributed by atoms with Crippen LogP contribution in [0.5, 0.6) is 0 Å². The molecule has 1 aromatic heterocycles. The Balaban J connectivity index is 1.54. The molecular weight excluding hydrogens is 388 g/mol. The van der Waals surface area contributed by atoms with Crippen molar-refractivity contribution in [3.8, 4) is 0 Å². The van der Waals surface area contributed by atoms with Crippen LogP contribution < -0.4 is 0 Å². The minimum Gasteiger partial charge on any atom is -0.340 e. The van der Waals surface area contributed by atoms with Crippen LogP contribution in [0.1, 0.15) is 55.1 Å². The van der Waals surface area contributed by atoms with E-state index in [0.717, 1.165) is 42.7 Å². The number of aromatic amines is 1. The summed E-state index contributed by atoms with van der Waals surface area (Å²) in [6.45, 7) is 5.77. The Labute approximate surface area is 172 Å². The number of aromatic nitrogens is 2. The lowest BCUT2D eigenvalue weighted by molar-refractivity contribution is -0.141. The Kier molecular flexibility index (Phi) is 5.42. The highest BCUT2D eigenvalue weighted by Gasteiger charge is 2.36. The van der Waals surface area contributed by atoms with Gasteiger partial charge in [0.25, 0.3) is 0 Å². The van der Waals surface area contributed by atoms with Crippen LogP contribution in [0.3, 0.4) is 0 Å². The van der Waals surface area contributed by atoms with E-state index in [4.69, 9.17) is 4.98 Å². The summed E-state index contributed by atoms with van der Waals surface area (Å²) in [5.41, 5.74) is 4.40. The fourth-order valence-electron chi connectivity index (χ4n) is 4.60. The number of amides is 1. The average Bonchev–Trinajstić information content (AvgIpc) is 3.09. The zero-order valence-corrected chi connectivity index (χ0v) is 18.3. The zero-order valence-electron chi connectivity index (χ0n) is 17.4. The number of imidazole rings is 1. The van der Waals surface area contributed by atoms with E-state index in [1.54, 1.807) is 0 Å². The molecule has 7 nitrogen and oxygen atoms in total. The fraction of sp³-hybridized carbons (Fsp3) is 0.619. The van der Waals surface area contributed by atoms with Crippen LogP contribution in [-0.2, 0) is 14.8 Å². The molecule has 29 heavy (non-hydrogen) atoms. The fourth-order valence-corrected chi connectivity index (χ4v) is 5.47. The maximum absolute atomic E-state index is 13.3. The van der Waals surface area contributed by atoms with Gasteiger partial charge in [0.1, 0.15) is 5.82 Å². The van der Waals surface area contributed by atoms with Crippen LogP contribution >= 0.6 is 0 Å². The van der Waals surface area contributed by atoms with Gasteiger partial charge in [-0.3, -0.25) is 4.79 Å². The molecule has 2 aliphatic heterocycles. The van der Waals surface area contributed by atoms with E-state index in [1.165, 1.54) is 21.7 Å². The van der Waals surface area contributed by atoms with E-state index in [2.05, 4.69) is 31.0 Å². The van der Waals surface area contributed by atoms with Crippen molar-refractivity contribution in [2.45, 2.75) is 52.0 Å². The number of nitrogens with one attached hydrogen (secondary N) is 1. The van der Waals surface area contributed by atoms with Crippen molar-refractivity contribution in [3.05, 3.63) is 29.1 Å². The van der Waals surface area contributed by atoms with Crippen LogP contribution in [-0.4, -0.2) is 59.4 Å². The van der Waals surface area contributed by atoms with Gasteiger partial charge in [0.05, 0.1) is 23.3 Å². The predicted molar refractivity (Wildman–Crippen MR) is 113 cm³/mol. The standard InChI is InChI=1S/C21H30N4O3S/c1-14-12-17-18(13-15(14)2)23-20(22-17)19-6-4-5-9-25(19)21(26)16-7-10-24(11-8-16)29(3,27)28/h12-13,16,19H,4-11H2,1-3H3,(H,22,23)/t19-/m1/s1. The highest BCUT2D eigenvalue weighted by molar-refractivity contribution is 7.88. The minimum absolute atomic E-state index is 0.0304. The Hall–Kier alpha value is -1.93. The van der Waals surface area contributed by atoms with Gasteiger partial charge in [0.2, 0.25) is 15.9 Å². The Bertz CT molecular complexity index is 983. The molecule has 4 rings (SSSR count). The molecule has 2 aliphatic rings. The third-order valence-electron chi connectivity index (χ3n) is 6.49. The van der Waals surface area contributed by atoms with Crippen LogP contribution in [0.25, 0.3) is 11.0 Å². The number of nitrogens with zero attached hydrogens (tertiary/aromatic N) is 3. The highest BCUT2D eigenvalue weighted by Crippen LogP contribution is 2.34. The summed E-state index contributed by atoms with van der Waals surface area (Å²) in [6.07, 6.45) is 5.41. The zero-order chi connectivity index (χ0) is 20.8. The Morgan fingerprint density at radius 3 is 2.45 bits per heavy atom. The first kappa shape index (κ1) is 20.3. The summed E-state index contributed by atoms with van der Waals surface area (Å²) in [7, 11) is -3.18. The van der Waals surface area contributed by atoms with E-state index in [0.29, 0.717) is 25.9 Å². The van der Waals surface area contributed by atoms with Crippen molar-refractivity contribution in [2.75, 3.05) is 25.9 Å². The van der Waals surface area contributed by atoms with Crippen molar-refractivity contribution in [1.82, 2.24) is 19.2 Å². The van der Waals surface area contributed by atoms with Gasteiger partial charge >= 0.3 is 0 Å². The summed E-state index contributed by atoms with van der Waals surface area (Å²) in [5.74, 6) is 0.907. The van der Waals surface area contributed by atoms with Gasteiger partial charge in [-0.05, 0) is 69.2 Å². The van der Waals surface area contributed by atoms with Crippen LogP contribution in [0.2, 0.25) is 0 Å². The second kappa shape index (κ2) is 7.72. The van der Waals surface area contributed by atoms with E-state index < -0.39 is 10.0 Å². The molecule has 8 heteroatoms. The molecule has 1 amide bonds.